The Kier molecular flexibility index (Phi) is 6.02. The predicted octanol–water partition coefficient (Wildman–Crippen LogP) is 3.69. The lowest BCUT2D eigenvalue weighted by atomic mass is 9.78. The highest BCUT2D eigenvalue weighted by Gasteiger charge is 2.35. The normalized spacial score (nSPS) is 22.2. The predicted molar refractivity (Wildman–Crippen MR) is 88.5 cm³/mol. The third-order valence-corrected chi connectivity index (χ3v) is 4.43. The van der Waals surface area contributed by atoms with E-state index >= 15 is 0 Å². The van der Waals surface area contributed by atoms with Gasteiger partial charge in [-0.25, -0.2) is 0 Å². The number of carbonyl (C=O) groups excluding carboxylic acids is 1. The molecule has 1 aliphatic rings. The number of hydrogen-bond acceptors (Lipinski definition) is 3. The standard InChI is InChI=1S/C18H25NO4/c1-3-12(2)23-14-8-6-7-13(11-14)19-17(20)15-9-4-5-10-16(15)18(21)22/h6-8,11-12,15-16H,3-5,9-10H2,1-2H3,(H,19,20)(H,21,22). The smallest absolute Gasteiger partial charge is 0.307 e. The van der Waals surface area contributed by atoms with Gasteiger partial charge >= 0.3 is 5.97 Å². The molecule has 0 radical (unpaired) electrons. The summed E-state index contributed by atoms with van der Waals surface area (Å²) in [4.78, 5) is 23.8. The highest BCUT2D eigenvalue weighted by Crippen LogP contribution is 2.31. The first kappa shape index (κ1) is 17.3. The van der Waals surface area contributed by atoms with E-state index in [1.807, 2.05) is 26.0 Å². The van der Waals surface area contributed by atoms with E-state index in [0.29, 0.717) is 24.3 Å². The van der Waals surface area contributed by atoms with Crippen LogP contribution in [-0.4, -0.2) is 23.1 Å². The zero-order valence-corrected chi connectivity index (χ0v) is 13.7. The van der Waals surface area contributed by atoms with Crippen LogP contribution < -0.4 is 10.1 Å². The van der Waals surface area contributed by atoms with E-state index in [9.17, 15) is 14.7 Å². The van der Waals surface area contributed by atoms with Crippen LogP contribution in [0.1, 0.15) is 46.0 Å². The van der Waals surface area contributed by atoms with Crippen molar-refractivity contribution < 1.29 is 19.4 Å². The monoisotopic (exact) mass is 319 g/mol. The van der Waals surface area contributed by atoms with E-state index < -0.39 is 17.8 Å². The Bertz CT molecular complexity index is 558. The van der Waals surface area contributed by atoms with Crippen molar-refractivity contribution in [2.45, 2.75) is 52.1 Å². The number of hydrogen-bond donors (Lipinski definition) is 2. The van der Waals surface area contributed by atoms with Crippen molar-refractivity contribution in [2.75, 3.05) is 5.32 Å². The van der Waals surface area contributed by atoms with Gasteiger partial charge in [0.1, 0.15) is 5.75 Å². The summed E-state index contributed by atoms with van der Waals surface area (Å²) >= 11 is 0. The van der Waals surface area contributed by atoms with Gasteiger partial charge in [-0.1, -0.05) is 25.8 Å². The van der Waals surface area contributed by atoms with E-state index in [4.69, 9.17) is 4.74 Å². The molecule has 1 aliphatic carbocycles. The summed E-state index contributed by atoms with van der Waals surface area (Å²) in [6.07, 6.45) is 3.99. The molecule has 0 bridgehead atoms. The number of aliphatic carboxylic acids is 1. The second-order valence-corrected chi connectivity index (χ2v) is 6.19. The van der Waals surface area contributed by atoms with E-state index in [1.165, 1.54) is 0 Å². The first-order valence-electron chi connectivity index (χ1n) is 8.31. The van der Waals surface area contributed by atoms with Gasteiger partial charge in [0.15, 0.2) is 0 Å². The molecule has 0 heterocycles. The van der Waals surface area contributed by atoms with Crippen LogP contribution in [0.4, 0.5) is 5.69 Å². The highest BCUT2D eigenvalue weighted by atomic mass is 16.5. The van der Waals surface area contributed by atoms with Gasteiger partial charge in [-0.3, -0.25) is 9.59 Å². The molecular formula is C18H25NO4. The van der Waals surface area contributed by atoms with E-state index in [-0.39, 0.29) is 12.0 Å². The van der Waals surface area contributed by atoms with Crippen LogP contribution in [0.15, 0.2) is 24.3 Å². The van der Waals surface area contributed by atoms with Crippen molar-refractivity contribution in [3.63, 3.8) is 0 Å². The number of benzene rings is 1. The zero-order valence-electron chi connectivity index (χ0n) is 13.7. The third-order valence-electron chi connectivity index (χ3n) is 4.43. The quantitative estimate of drug-likeness (QED) is 0.838. The molecular weight excluding hydrogens is 294 g/mol. The molecule has 2 N–H and O–H groups in total. The molecule has 1 amide bonds. The maximum atomic E-state index is 12.5. The number of nitrogens with one attached hydrogen (secondary N) is 1. The lowest BCUT2D eigenvalue weighted by Gasteiger charge is -2.27. The Hall–Kier alpha value is -2.04. The summed E-state index contributed by atoms with van der Waals surface area (Å²) in [5.74, 6) is -1.42. The van der Waals surface area contributed by atoms with Crippen molar-refractivity contribution in [3.05, 3.63) is 24.3 Å². The summed E-state index contributed by atoms with van der Waals surface area (Å²) in [5, 5.41) is 12.1. The summed E-state index contributed by atoms with van der Waals surface area (Å²) in [6.45, 7) is 4.04. The minimum absolute atomic E-state index is 0.107. The first-order valence-corrected chi connectivity index (χ1v) is 8.31. The van der Waals surface area contributed by atoms with Crippen LogP contribution in [0, 0.1) is 11.8 Å². The second kappa shape index (κ2) is 7.99. The van der Waals surface area contributed by atoms with Crippen molar-refractivity contribution in [3.8, 4) is 5.75 Å². The molecule has 5 nitrogen and oxygen atoms in total. The molecule has 0 aliphatic heterocycles. The third kappa shape index (κ3) is 4.71. The number of carboxylic acids is 1. The summed E-state index contributed by atoms with van der Waals surface area (Å²) in [7, 11) is 0. The van der Waals surface area contributed by atoms with Crippen molar-refractivity contribution in [2.24, 2.45) is 11.8 Å². The van der Waals surface area contributed by atoms with Crippen molar-refractivity contribution in [1.29, 1.82) is 0 Å². The Labute approximate surface area is 137 Å². The minimum Gasteiger partial charge on any atom is -0.491 e. The number of rotatable bonds is 6. The summed E-state index contributed by atoms with van der Waals surface area (Å²) in [5.41, 5.74) is 0.644. The average molecular weight is 319 g/mol. The maximum absolute atomic E-state index is 12.5. The number of carboxylic acid groups (broad SMARTS) is 1. The lowest BCUT2D eigenvalue weighted by molar-refractivity contribution is -0.147. The number of carbonyl (C=O) groups is 2. The second-order valence-electron chi connectivity index (χ2n) is 6.19. The van der Waals surface area contributed by atoms with Crippen molar-refractivity contribution in [1.82, 2.24) is 0 Å². The molecule has 1 fully saturated rings. The van der Waals surface area contributed by atoms with Crippen LogP contribution >= 0.6 is 0 Å². The van der Waals surface area contributed by atoms with Gasteiger partial charge in [0.2, 0.25) is 5.91 Å². The fraction of sp³-hybridized carbons (Fsp3) is 0.556. The summed E-state index contributed by atoms with van der Waals surface area (Å²) < 4.78 is 5.75. The summed E-state index contributed by atoms with van der Waals surface area (Å²) in [6, 6.07) is 7.24. The van der Waals surface area contributed by atoms with E-state index in [2.05, 4.69) is 5.32 Å². The molecule has 3 atom stereocenters. The fourth-order valence-electron chi connectivity index (χ4n) is 2.94. The fourth-order valence-corrected chi connectivity index (χ4v) is 2.94. The SMILES string of the molecule is CCC(C)Oc1cccc(NC(=O)C2CCCCC2C(=O)O)c1. The van der Waals surface area contributed by atoms with Crippen molar-refractivity contribution >= 4 is 17.6 Å². The van der Waals surface area contributed by atoms with Gasteiger partial charge in [-0.2, -0.15) is 0 Å². The zero-order chi connectivity index (χ0) is 16.8. The Balaban J connectivity index is 2.04. The van der Waals surface area contributed by atoms with Crippen LogP contribution in [0.5, 0.6) is 5.75 Å². The average Bonchev–Trinajstić information content (AvgIpc) is 2.55. The molecule has 3 unspecified atom stereocenters. The molecule has 0 saturated heterocycles. The van der Waals surface area contributed by atoms with Crippen LogP contribution in [0.3, 0.4) is 0 Å². The number of amides is 1. The molecule has 0 aromatic heterocycles. The van der Waals surface area contributed by atoms with Gasteiger partial charge in [-0.15, -0.1) is 0 Å². The lowest BCUT2D eigenvalue weighted by Crippen LogP contribution is -2.36. The molecule has 23 heavy (non-hydrogen) atoms. The van der Waals surface area contributed by atoms with Gasteiger partial charge in [0, 0.05) is 11.8 Å². The van der Waals surface area contributed by atoms with Gasteiger partial charge in [0.05, 0.1) is 17.9 Å². The number of ether oxygens (including phenoxy) is 1. The van der Waals surface area contributed by atoms with Gasteiger partial charge in [-0.05, 0) is 38.3 Å². The Morgan fingerprint density at radius 3 is 2.65 bits per heavy atom. The Morgan fingerprint density at radius 1 is 1.30 bits per heavy atom. The molecule has 5 heteroatoms. The molecule has 126 valence electrons. The first-order chi connectivity index (χ1) is 11.0. The maximum Gasteiger partial charge on any atom is 0.307 e. The van der Waals surface area contributed by atoms with Crippen LogP contribution in [0.25, 0.3) is 0 Å². The Morgan fingerprint density at radius 2 is 2.00 bits per heavy atom. The van der Waals surface area contributed by atoms with E-state index in [1.54, 1.807) is 12.1 Å². The number of anilines is 1. The molecule has 0 spiro atoms. The molecule has 1 aromatic carbocycles. The van der Waals surface area contributed by atoms with Crippen LogP contribution in [0.2, 0.25) is 0 Å². The molecule has 2 rings (SSSR count). The van der Waals surface area contributed by atoms with Gasteiger partial charge < -0.3 is 15.2 Å². The van der Waals surface area contributed by atoms with E-state index in [0.717, 1.165) is 19.3 Å². The largest absolute Gasteiger partial charge is 0.491 e. The molecule has 1 saturated carbocycles. The van der Waals surface area contributed by atoms with Crippen LogP contribution in [-0.2, 0) is 9.59 Å². The minimum atomic E-state index is -0.876. The molecule has 1 aromatic rings. The highest BCUT2D eigenvalue weighted by molar-refractivity contribution is 5.95. The topological polar surface area (TPSA) is 75.6 Å². The van der Waals surface area contributed by atoms with Gasteiger partial charge in [0.25, 0.3) is 0 Å².